The first-order valence-electron chi connectivity index (χ1n) is 15.1. The van der Waals surface area contributed by atoms with Gasteiger partial charge in [-0.2, -0.15) is 0 Å². The van der Waals surface area contributed by atoms with E-state index in [9.17, 15) is 5.11 Å². The molecule has 0 bridgehead atoms. The summed E-state index contributed by atoms with van der Waals surface area (Å²) in [5.74, 6) is 2.67. The fraction of sp³-hybridized carbons (Fsp3) is 0.564. The first-order chi connectivity index (χ1) is 17.5. The van der Waals surface area contributed by atoms with Crippen LogP contribution in [0, 0.1) is 63.7 Å². The van der Waals surface area contributed by atoms with E-state index in [1.807, 2.05) is 0 Å². The summed E-state index contributed by atoms with van der Waals surface area (Å²) in [6, 6.07) is 6.93. The first kappa shape index (κ1) is 40.9. The minimum absolute atomic E-state index is 0. The molecule has 3 aliphatic carbocycles. The van der Waals surface area contributed by atoms with Gasteiger partial charge in [-0.25, -0.2) is 0 Å². The van der Waals surface area contributed by atoms with E-state index < -0.39 is 8.07 Å². The zero-order valence-electron chi connectivity index (χ0n) is 29.9. The zero-order chi connectivity index (χ0) is 28.4. The Morgan fingerprint density at radius 2 is 1.07 bits per heavy atom. The van der Waals surface area contributed by atoms with Crippen molar-refractivity contribution < 1.29 is 26.8 Å². The molecule has 1 fully saturated rings. The monoisotopic (exact) mass is 623 g/mol. The molecule has 0 amide bonds. The molecule has 4 unspecified atom stereocenters. The third-order valence-electron chi connectivity index (χ3n) is 10.1. The van der Waals surface area contributed by atoms with Gasteiger partial charge in [0, 0.05) is 0 Å². The second-order valence-electron chi connectivity index (χ2n) is 15.6. The third kappa shape index (κ3) is 7.07. The molecular formula is C39H63OSiTi. The van der Waals surface area contributed by atoms with Gasteiger partial charge in [0.1, 0.15) is 5.75 Å². The van der Waals surface area contributed by atoms with Crippen LogP contribution in [0.15, 0.2) is 59.7 Å². The van der Waals surface area contributed by atoms with Crippen molar-refractivity contribution in [2.75, 3.05) is 0 Å². The summed E-state index contributed by atoms with van der Waals surface area (Å²) in [5.41, 5.74) is 6.09. The third-order valence-corrected chi connectivity index (χ3v) is 16.2. The molecular weight excluding hydrogens is 560 g/mol. The summed E-state index contributed by atoms with van der Waals surface area (Å²) in [6.07, 6.45) is 15.3. The van der Waals surface area contributed by atoms with Crippen LogP contribution in [0.2, 0.25) is 17.6 Å². The molecule has 0 heterocycles. The molecule has 233 valence electrons. The number of allylic oxidation sites excluding steroid dienone is 8. The molecule has 3 heteroatoms. The minimum atomic E-state index is -2.17. The topological polar surface area (TPSA) is 20.2 Å². The average molecular weight is 624 g/mol. The summed E-state index contributed by atoms with van der Waals surface area (Å²) in [6.45, 7) is 27.9. The minimum Gasteiger partial charge on any atom is -0.508 e. The fourth-order valence-electron chi connectivity index (χ4n) is 7.90. The number of hydrogen-bond donors (Lipinski definition) is 1. The second-order valence-corrected chi connectivity index (χ2v) is 20.6. The Hall–Kier alpha value is -1.09. The number of benzene rings is 1. The number of aryl methyl sites for hydroxylation is 1. The fourth-order valence-corrected chi connectivity index (χ4v) is 13.7. The Labute approximate surface area is 278 Å². The molecule has 4 atom stereocenters. The van der Waals surface area contributed by atoms with E-state index in [-0.39, 0.29) is 60.2 Å². The normalized spacial score (nSPS) is 25.0. The van der Waals surface area contributed by atoms with Crippen LogP contribution < -0.4 is 5.19 Å². The van der Waals surface area contributed by atoms with Gasteiger partial charge in [-0.1, -0.05) is 142 Å². The molecule has 0 aromatic heterocycles. The number of phenolic OH excluding ortho intramolecular Hbond substituents is 1. The van der Waals surface area contributed by atoms with Crippen molar-refractivity contribution in [2.45, 2.75) is 106 Å². The van der Waals surface area contributed by atoms with E-state index in [1.54, 1.807) is 0 Å². The molecule has 42 heavy (non-hydrogen) atoms. The Morgan fingerprint density at radius 3 is 1.40 bits per heavy atom. The van der Waals surface area contributed by atoms with Crippen molar-refractivity contribution in [1.29, 1.82) is 0 Å². The Bertz CT molecular complexity index is 1140. The van der Waals surface area contributed by atoms with E-state index >= 15 is 0 Å². The SMILES string of the molecule is CC[Si](CC)(c1cc(C)cc(C(C)(C)C)c1O)C1C2C=C(C(C)(C)C)C=CC2C2C=CC(C(C)(C)C)=CC21.[CH3-].[CH3-].[CH3-].[Ti+3]. The zero-order valence-corrected chi connectivity index (χ0v) is 32.4. The van der Waals surface area contributed by atoms with E-state index in [1.165, 1.54) is 21.9 Å². The predicted octanol–water partition coefficient (Wildman–Crippen LogP) is 11.0. The number of fused-ring (bicyclic) bond motifs is 3. The Balaban J connectivity index is 0.00000420. The van der Waals surface area contributed by atoms with E-state index in [4.69, 9.17) is 0 Å². The van der Waals surface area contributed by atoms with Gasteiger partial charge in [0.2, 0.25) is 0 Å². The quantitative estimate of drug-likeness (QED) is 0.261. The number of aromatic hydroxyl groups is 1. The van der Waals surface area contributed by atoms with Crippen molar-refractivity contribution in [1.82, 2.24) is 0 Å². The molecule has 0 saturated heterocycles. The molecule has 1 N–H and O–H groups in total. The van der Waals surface area contributed by atoms with Gasteiger partial charge in [0.15, 0.2) is 0 Å². The van der Waals surface area contributed by atoms with Gasteiger partial charge in [-0.05, 0) is 74.3 Å². The number of rotatable bonds is 4. The summed E-state index contributed by atoms with van der Waals surface area (Å²) < 4.78 is 0. The van der Waals surface area contributed by atoms with Crippen molar-refractivity contribution in [2.24, 2.45) is 34.5 Å². The summed E-state index contributed by atoms with van der Waals surface area (Å²) in [4.78, 5) is 0. The molecule has 0 aliphatic heterocycles. The molecule has 1 radical (unpaired) electrons. The number of hydrogen-bond acceptors (Lipinski definition) is 1. The number of phenols is 1. The van der Waals surface area contributed by atoms with E-state index in [0.29, 0.717) is 35.0 Å². The smallest absolute Gasteiger partial charge is 0.508 e. The van der Waals surface area contributed by atoms with Gasteiger partial charge in [0.25, 0.3) is 0 Å². The van der Waals surface area contributed by atoms with Crippen LogP contribution in [0.5, 0.6) is 5.75 Å². The van der Waals surface area contributed by atoms with Crippen LogP contribution >= 0.6 is 0 Å². The summed E-state index contributed by atoms with van der Waals surface area (Å²) in [7, 11) is -2.17. The maximum atomic E-state index is 12.0. The van der Waals surface area contributed by atoms with Crippen LogP contribution in [0.4, 0.5) is 0 Å². The van der Waals surface area contributed by atoms with Crippen molar-refractivity contribution in [3.05, 3.63) is 93.1 Å². The van der Waals surface area contributed by atoms with Gasteiger partial charge < -0.3 is 27.4 Å². The molecule has 1 aromatic rings. The second kappa shape index (κ2) is 13.9. The summed E-state index contributed by atoms with van der Waals surface area (Å²) in [5, 5.41) is 13.4. The largest absolute Gasteiger partial charge is 3.00 e. The molecule has 1 nitrogen and oxygen atoms in total. The molecule has 3 aliphatic rings. The van der Waals surface area contributed by atoms with Gasteiger partial charge in [-0.3, -0.25) is 0 Å². The predicted molar refractivity (Wildman–Crippen MR) is 188 cm³/mol. The van der Waals surface area contributed by atoms with Crippen LogP contribution in [0.3, 0.4) is 0 Å². The van der Waals surface area contributed by atoms with Crippen LogP contribution in [0.25, 0.3) is 0 Å². The maximum Gasteiger partial charge on any atom is 3.00 e. The van der Waals surface area contributed by atoms with Crippen molar-refractivity contribution in [3.63, 3.8) is 0 Å². The van der Waals surface area contributed by atoms with Crippen LogP contribution in [-0.2, 0) is 27.1 Å². The van der Waals surface area contributed by atoms with E-state index in [0.717, 1.165) is 17.7 Å². The van der Waals surface area contributed by atoms with Crippen molar-refractivity contribution >= 4 is 13.3 Å². The average Bonchev–Trinajstić information content (AvgIpc) is 3.14. The Morgan fingerprint density at radius 1 is 0.667 bits per heavy atom. The standard InChI is InChI=1S/C36H54OSi.3CH3.Ti/c1-13-38(14-2,31-20-23(3)19-30(32(31)37)36(10,11)12)33-28-21-24(34(4,5)6)15-17-26(28)27-18-16-25(22-29(27)33)35(7,8)9;;;;/h15-22,26-29,33,37H,13-14H2,1-12H3;3*1H3;/q;3*-1;+3. The van der Waals surface area contributed by atoms with Gasteiger partial charge in [-0.15, -0.1) is 0 Å². The molecule has 0 spiro atoms. The van der Waals surface area contributed by atoms with Gasteiger partial charge in [0.05, 0.1) is 8.07 Å². The van der Waals surface area contributed by atoms with E-state index in [2.05, 4.69) is 132 Å². The summed E-state index contributed by atoms with van der Waals surface area (Å²) >= 11 is 0. The van der Waals surface area contributed by atoms with Gasteiger partial charge >= 0.3 is 21.7 Å². The molecule has 4 rings (SSSR count). The van der Waals surface area contributed by atoms with Crippen LogP contribution in [-0.4, -0.2) is 13.2 Å². The van der Waals surface area contributed by atoms with Crippen molar-refractivity contribution in [3.8, 4) is 5.75 Å². The molecule has 1 aromatic carbocycles. The Kier molecular flexibility index (Phi) is 13.5. The maximum absolute atomic E-state index is 12.0. The first-order valence-corrected chi connectivity index (χ1v) is 17.6. The molecule has 1 saturated carbocycles. The van der Waals surface area contributed by atoms with Crippen LogP contribution in [0.1, 0.15) is 87.3 Å².